The molecule has 2 aliphatic rings. The lowest BCUT2D eigenvalue weighted by molar-refractivity contribution is -0.120. The number of carbonyl (C=O) groups excluding carboxylic acids is 1. The van der Waals surface area contributed by atoms with E-state index in [0.717, 1.165) is 23.4 Å². The second-order valence-corrected chi connectivity index (χ2v) is 7.89. The van der Waals surface area contributed by atoms with Crippen LogP contribution in [0.2, 0.25) is 5.02 Å². The van der Waals surface area contributed by atoms with Crippen LogP contribution in [0.1, 0.15) is 51.5 Å². The molecule has 0 aromatic heterocycles. The number of hydrogen-bond donors (Lipinski definition) is 0. The van der Waals surface area contributed by atoms with Gasteiger partial charge in [0, 0.05) is 10.9 Å². The predicted octanol–water partition coefficient (Wildman–Crippen LogP) is 6.09. The number of hydrogen-bond acceptors (Lipinski definition) is 1. The van der Waals surface area contributed by atoms with E-state index >= 15 is 0 Å². The van der Waals surface area contributed by atoms with Crippen LogP contribution in [0.15, 0.2) is 42.0 Å². The fraction of sp³-hybridized carbons (Fsp3) is 0.476. The normalized spacial score (nSPS) is 30.8. The molecule has 122 valence electrons. The highest BCUT2D eigenvalue weighted by Crippen LogP contribution is 2.52. The van der Waals surface area contributed by atoms with Crippen molar-refractivity contribution in [2.45, 2.75) is 46.0 Å². The standard InChI is InChI=1S/C21H25ClO/c1-15-4-3-12-21(2)13-11-17(14-19(15)21)20(23)10-7-16-5-8-18(22)9-6-16/h4-10,17,19H,3,11-14H2,1-2H3/t17-,19+,21-/m1/s1. The largest absolute Gasteiger partial charge is 0.295 e. The third kappa shape index (κ3) is 3.61. The summed E-state index contributed by atoms with van der Waals surface area (Å²) in [6, 6.07) is 7.60. The second kappa shape index (κ2) is 6.65. The summed E-state index contributed by atoms with van der Waals surface area (Å²) in [6.07, 6.45) is 11.8. The summed E-state index contributed by atoms with van der Waals surface area (Å²) in [5.74, 6) is 1.04. The van der Waals surface area contributed by atoms with Crippen LogP contribution < -0.4 is 0 Å². The first-order chi connectivity index (χ1) is 11.0. The zero-order chi connectivity index (χ0) is 16.4. The van der Waals surface area contributed by atoms with Crippen LogP contribution in [0.5, 0.6) is 0 Å². The molecule has 1 aromatic carbocycles. The van der Waals surface area contributed by atoms with Gasteiger partial charge in [-0.3, -0.25) is 4.79 Å². The molecule has 0 N–H and O–H groups in total. The van der Waals surface area contributed by atoms with Gasteiger partial charge < -0.3 is 0 Å². The zero-order valence-corrected chi connectivity index (χ0v) is 14.8. The van der Waals surface area contributed by atoms with Crippen molar-refractivity contribution < 1.29 is 4.79 Å². The van der Waals surface area contributed by atoms with Crippen molar-refractivity contribution in [3.8, 4) is 0 Å². The van der Waals surface area contributed by atoms with Crippen LogP contribution in [0.25, 0.3) is 6.08 Å². The summed E-state index contributed by atoms with van der Waals surface area (Å²) in [5, 5.41) is 0.722. The number of allylic oxidation sites excluding steroid dienone is 3. The molecular formula is C21H25ClO. The summed E-state index contributed by atoms with van der Waals surface area (Å²) in [7, 11) is 0. The Kier molecular flexibility index (Phi) is 4.77. The quantitative estimate of drug-likeness (QED) is 0.485. The van der Waals surface area contributed by atoms with Gasteiger partial charge in [-0.15, -0.1) is 0 Å². The Hall–Kier alpha value is -1.34. The number of rotatable bonds is 3. The minimum atomic E-state index is 0.179. The number of fused-ring (bicyclic) bond motifs is 1. The maximum Gasteiger partial charge on any atom is 0.158 e. The van der Waals surface area contributed by atoms with Crippen LogP contribution >= 0.6 is 11.6 Å². The number of benzene rings is 1. The summed E-state index contributed by atoms with van der Waals surface area (Å²) >= 11 is 5.89. The number of carbonyl (C=O) groups is 1. The smallest absolute Gasteiger partial charge is 0.158 e. The van der Waals surface area contributed by atoms with Crippen LogP contribution in [0, 0.1) is 17.3 Å². The average Bonchev–Trinajstić information content (AvgIpc) is 2.54. The summed E-state index contributed by atoms with van der Waals surface area (Å²) in [4.78, 5) is 12.6. The Balaban J connectivity index is 1.68. The van der Waals surface area contributed by atoms with E-state index in [1.54, 1.807) is 6.08 Å². The van der Waals surface area contributed by atoms with Gasteiger partial charge in [0.2, 0.25) is 0 Å². The molecule has 2 aliphatic carbocycles. The van der Waals surface area contributed by atoms with Crippen molar-refractivity contribution in [1.82, 2.24) is 0 Å². The lowest BCUT2D eigenvalue weighted by atomic mass is 9.58. The van der Waals surface area contributed by atoms with Gasteiger partial charge in [-0.05, 0) is 74.1 Å². The van der Waals surface area contributed by atoms with E-state index in [1.807, 2.05) is 30.3 Å². The van der Waals surface area contributed by atoms with E-state index in [9.17, 15) is 4.79 Å². The molecule has 0 spiro atoms. The maximum atomic E-state index is 12.6. The zero-order valence-electron chi connectivity index (χ0n) is 14.0. The van der Waals surface area contributed by atoms with Crippen molar-refractivity contribution in [3.05, 3.63) is 52.6 Å². The van der Waals surface area contributed by atoms with Gasteiger partial charge in [0.1, 0.15) is 0 Å². The van der Waals surface area contributed by atoms with Gasteiger partial charge in [0.05, 0.1) is 0 Å². The van der Waals surface area contributed by atoms with Gasteiger partial charge in [-0.25, -0.2) is 0 Å². The molecule has 0 heterocycles. The SMILES string of the molecule is CC1=CCC[C@]2(C)CC[C@@H](C(=O)C=Cc3ccc(Cl)cc3)C[C@@H]12. The van der Waals surface area contributed by atoms with Crippen molar-refractivity contribution in [2.75, 3.05) is 0 Å². The van der Waals surface area contributed by atoms with Gasteiger partial charge in [-0.1, -0.05) is 48.4 Å². The van der Waals surface area contributed by atoms with Gasteiger partial charge in [-0.2, -0.15) is 0 Å². The fourth-order valence-corrected chi connectivity index (χ4v) is 4.44. The molecule has 3 atom stereocenters. The molecule has 0 aliphatic heterocycles. The van der Waals surface area contributed by atoms with Crippen molar-refractivity contribution in [1.29, 1.82) is 0 Å². The molecule has 0 radical (unpaired) electrons. The van der Waals surface area contributed by atoms with Gasteiger partial charge in [0.15, 0.2) is 5.78 Å². The first-order valence-electron chi connectivity index (χ1n) is 8.62. The lowest BCUT2D eigenvalue weighted by Crippen LogP contribution is -2.38. The van der Waals surface area contributed by atoms with Crippen LogP contribution in [0.4, 0.5) is 0 Å². The minimum absolute atomic E-state index is 0.179. The van der Waals surface area contributed by atoms with Crippen LogP contribution in [-0.2, 0) is 4.79 Å². The third-order valence-electron chi connectivity index (χ3n) is 5.87. The number of halogens is 1. The molecule has 3 rings (SSSR count). The van der Waals surface area contributed by atoms with E-state index in [0.29, 0.717) is 11.3 Å². The summed E-state index contributed by atoms with van der Waals surface area (Å²) in [6.45, 7) is 4.66. The molecule has 0 bridgehead atoms. The van der Waals surface area contributed by atoms with E-state index < -0.39 is 0 Å². The molecule has 23 heavy (non-hydrogen) atoms. The summed E-state index contributed by atoms with van der Waals surface area (Å²) in [5.41, 5.74) is 2.94. The molecule has 1 fully saturated rings. The Morgan fingerprint density at radius 1 is 1.26 bits per heavy atom. The van der Waals surface area contributed by atoms with Gasteiger partial charge >= 0.3 is 0 Å². The topological polar surface area (TPSA) is 17.1 Å². The maximum absolute atomic E-state index is 12.6. The van der Waals surface area contributed by atoms with Gasteiger partial charge in [0.25, 0.3) is 0 Å². The number of ketones is 1. The highest BCUT2D eigenvalue weighted by atomic mass is 35.5. The predicted molar refractivity (Wildman–Crippen MR) is 97.4 cm³/mol. The Morgan fingerprint density at radius 3 is 2.74 bits per heavy atom. The fourth-order valence-electron chi connectivity index (χ4n) is 4.32. The lowest BCUT2D eigenvalue weighted by Gasteiger charge is -2.47. The third-order valence-corrected chi connectivity index (χ3v) is 6.12. The molecule has 0 amide bonds. The molecule has 1 saturated carbocycles. The minimum Gasteiger partial charge on any atom is -0.295 e. The second-order valence-electron chi connectivity index (χ2n) is 7.45. The van der Waals surface area contributed by atoms with E-state index in [-0.39, 0.29) is 11.7 Å². The Bertz CT molecular complexity index is 640. The van der Waals surface area contributed by atoms with E-state index in [4.69, 9.17) is 11.6 Å². The van der Waals surface area contributed by atoms with E-state index in [2.05, 4.69) is 19.9 Å². The molecular weight excluding hydrogens is 304 g/mol. The summed E-state index contributed by atoms with van der Waals surface area (Å²) < 4.78 is 0. The Labute approximate surface area is 144 Å². The molecule has 1 nitrogen and oxygen atoms in total. The van der Waals surface area contributed by atoms with Crippen LogP contribution in [0.3, 0.4) is 0 Å². The van der Waals surface area contributed by atoms with Crippen molar-refractivity contribution in [2.24, 2.45) is 17.3 Å². The molecule has 2 heteroatoms. The Morgan fingerprint density at radius 2 is 2.00 bits per heavy atom. The van der Waals surface area contributed by atoms with Crippen LogP contribution in [-0.4, -0.2) is 5.78 Å². The van der Waals surface area contributed by atoms with Crippen molar-refractivity contribution >= 4 is 23.5 Å². The monoisotopic (exact) mass is 328 g/mol. The van der Waals surface area contributed by atoms with Crippen molar-refractivity contribution in [3.63, 3.8) is 0 Å². The van der Waals surface area contributed by atoms with E-state index in [1.165, 1.54) is 24.8 Å². The first kappa shape index (κ1) is 16.5. The average molecular weight is 329 g/mol. The highest BCUT2D eigenvalue weighted by Gasteiger charge is 2.42. The molecule has 0 saturated heterocycles. The molecule has 1 aromatic rings. The highest BCUT2D eigenvalue weighted by molar-refractivity contribution is 6.30. The molecule has 0 unspecified atom stereocenters. The first-order valence-corrected chi connectivity index (χ1v) is 9.00.